The van der Waals surface area contributed by atoms with Crippen LogP contribution in [-0.4, -0.2) is 38.3 Å². The van der Waals surface area contributed by atoms with E-state index in [0.717, 1.165) is 0 Å². The van der Waals surface area contributed by atoms with Gasteiger partial charge in [-0.25, -0.2) is 0 Å². The summed E-state index contributed by atoms with van der Waals surface area (Å²) in [6.07, 6.45) is 0. The number of para-hydroxylation sites is 1. The van der Waals surface area contributed by atoms with Gasteiger partial charge in [-0.05, 0) is 6.07 Å². The van der Waals surface area contributed by atoms with E-state index in [2.05, 4.69) is 0 Å². The monoisotopic (exact) mass is 276 g/mol. The lowest BCUT2D eigenvalue weighted by Gasteiger charge is -2.15. The Kier molecular flexibility index (Phi) is 4.15. The minimum atomic E-state index is -4.81. The standard InChI is InChI=1S/C10H12O7S/c1-16-7-5-3-4-6(8(7)17-2)9(10(11)12)18(13,14)15/h3-5,9H,1-2H3,(H,11,12)(H,13,14,15). The molecule has 1 aromatic rings. The number of benzene rings is 1. The summed E-state index contributed by atoms with van der Waals surface area (Å²) in [4.78, 5) is 11.0. The fourth-order valence-corrected chi connectivity index (χ4v) is 2.30. The second-order valence-corrected chi connectivity index (χ2v) is 4.82. The third-order valence-electron chi connectivity index (χ3n) is 2.24. The predicted octanol–water partition coefficient (Wildman–Crippen LogP) is 0.717. The summed E-state index contributed by atoms with van der Waals surface area (Å²) in [5.74, 6) is -1.58. The Morgan fingerprint density at radius 3 is 2.28 bits per heavy atom. The van der Waals surface area contributed by atoms with Crippen molar-refractivity contribution in [2.45, 2.75) is 5.25 Å². The summed E-state index contributed by atoms with van der Waals surface area (Å²) in [6, 6.07) is 4.11. The molecule has 0 aliphatic rings. The van der Waals surface area contributed by atoms with E-state index < -0.39 is 21.3 Å². The van der Waals surface area contributed by atoms with Crippen LogP contribution in [0.25, 0.3) is 0 Å². The van der Waals surface area contributed by atoms with Gasteiger partial charge in [0.25, 0.3) is 10.1 Å². The zero-order valence-electron chi connectivity index (χ0n) is 9.65. The molecule has 0 fully saturated rings. The third kappa shape index (κ3) is 2.71. The molecule has 18 heavy (non-hydrogen) atoms. The van der Waals surface area contributed by atoms with E-state index in [0.29, 0.717) is 0 Å². The van der Waals surface area contributed by atoms with E-state index in [4.69, 9.17) is 19.1 Å². The van der Waals surface area contributed by atoms with Crippen molar-refractivity contribution < 1.29 is 32.3 Å². The molecule has 1 aromatic carbocycles. The van der Waals surface area contributed by atoms with Gasteiger partial charge in [-0.2, -0.15) is 8.42 Å². The SMILES string of the molecule is COc1cccc(C(C(=O)O)S(=O)(=O)O)c1OC. The van der Waals surface area contributed by atoms with Gasteiger partial charge in [-0.15, -0.1) is 0 Å². The van der Waals surface area contributed by atoms with Crippen molar-refractivity contribution in [3.8, 4) is 11.5 Å². The molecule has 0 aliphatic heterocycles. The Balaban J connectivity index is 3.52. The number of hydrogen-bond acceptors (Lipinski definition) is 5. The van der Waals surface area contributed by atoms with Crippen LogP contribution >= 0.6 is 0 Å². The van der Waals surface area contributed by atoms with E-state index in [1.54, 1.807) is 0 Å². The number of carboxylic acids is 1. The molecule has 1 unspecified atom stereocenters. The minimum absolute atomic E-state index is 0.0509. The molecule has 0 bridgehead atoms. The van der Waals surface area contributed by atoms with Crippen LogP contribution in [0.15, 0.2) is 18.2 Å². The molecule has 1 rings (SSSR count). The van der Waals surface area contributed by atoms with E-state index >= 15 is 0 Å². The molecule has 100 valence electrons. The van der Waals surface area contributed by atoms with E-state index in [1.807, 2.05) is 0 Å². The summed E-state index contributed by atoms with van der Waals surface area (Å²) in [7, 11) is -2.25. The first-order valence-electron chi connectivity index (χ1n) is 4.73. The molecule has 0 spiro atoms. The highest BCUT2D eigenvalue weighted by molar-refractivity contribution is 7.86. The topological polar surface area (TPSA) is 110 Å². The molecule has 1 atom stereocenters. The maximum Gasteiger partial charge on any atom is 0.329 e. The van der Waals surface area contributed by atoms with Gasteiger partial charge in [0.1, 0.15) is 0 Å². The molecule has 0 heterocycles. The summed E-state index contributed by atoms with van der Waals surface area (Å²) in [6.45, 7) is 0. The van der Waals surface area contributed by atoms with Gasteiger partial charge in [0, 0.05) is 5.56 Å². The molecule has 0 saturated heterocycles. The molecular weight excluding hydrogens is 264 g/mol. The van der Waals surface area contributed by atoms with Crippen molar-refractivity contribution in [2.24, 2.45) is 0 Å². The van der Waals surface area contributed by atoms with Crippen LogP contribution in [0.4, 0.5) is 0 Å². The number of carboxylic acid groups (broad SMARTS) is 1. The molecule has 0 amide bonds. The van der Waals surface area contributed by atoms with Crippen LogP contribution in [0.3, 0.4) is 0 Å². The smallest absolute Gasteiger partial charge is 0.329 e. The highest BCUT2D eigenvalue weighted by Gasteiger charge is 2.36. The van der Waals surface area contributed by atoms with Gasteiger partial charge >= 0.3 is 5.97 Å². The summed E-state index contributed by atoms with van der Waals surface area (Å²) in [5.41, 5.74) is -0.202. The van der Waals surface area contributed by atoms with E-state index in [-0.39, 0.29) is 17.1 Å². The average molecular weight is 276 g/mol. The van der Waals surface area contributed by atoms with E-state index in [1.165, 1.54) is 32.4 Å². The first kappa shape index (κ1) is 14.3. The van der Waals surface area contributed by atoms with Crippen LogP contribution in [-0.2, 0) is 14.9 Å². The lowest BCUT2D eigenvalue weighted by Crippen LogP contribution is -2.22. The molecule has 7 nitrogen and oxygen atoms in total. The van der Waals surface area contributed by atoms with Crippen LogP contribution in [0, 0.1) is 0 Å². The number of methoxy groups -OCH3 is 2. The highest BCUT2D eigenvalue weighted by Crippen LogP contribution is 2.37. The van der Waals surface area contributed by atoms with Gasteiger partial charge in [0.2, 0.25) is 5.25 Å². The third-order valence-corrected chi connectivity index (χ3v) is 3.29. The fourth-order valence-electron chi connectivity index (χ4n) is 1.54. The van der Waals surface area contributed by atoms with Gasteiger partial charge in [-0.1, -0.05) is 12.1 Å². The zero-order valence-corrected chi connectivity index (χ0v) is 10.5. The van der Waals surface area contributed by atoms with Gasteiger partial charge < -0.3 is 14.6 Å². The normalized spacial score (nSPS) is 12.8. The molecule has 2 N–H and O–H groups in total. The lowest BCUT2D eigenvalue weighted by molar-refractivity contribution is -0.136. The Hall–Kier alpha value is -1.80. The number of rotatable bonds is 5. The number of carbonyl (C=O) groups is 1. The van der Waals surface area contributed by atoms with Crippen molar-refractivity contribution in [3.05, 3.63) is 23.8 Å². The van der Waals surface area contributed by atoms with Gasteiger partial charge in [0.15, 0.2) is 11.5 Å². The summed E-state index contributed by atoms with van der Waals surface area (Å²) in [5, 5.41) is 6.79. The van der Waals surface area contributed by atoms with Gasteiger partial charge in [0.05, 0.1) is 14.2 Å². The lowest BCUT2D eigenvalue weighted by atomic mass is 10.1. The van der Waals surface area contributed by atoms with Crippen LogP contribution in [0.5, 0.6) is 11.5 Å². The van der Waals surface area contributed by atoms with Crippen LogP contribution in [0.1, 0.15) is 10.8 Å². The van der Waals surface area contributed by atoms with Crippen LogP contribution in [0.2, 0.25) is 0 Å². The van der Waals surface area contributed by atoms with Crippen LogP contribution < -0.4 is 9.47 Å². The van der Waals surface area contributed by atoms with Crippen molar-refractivity contribution in [3.63, 3.8) is 0 Å². The molecule has 0 aliphatic carbocycles. The second-order valence-electron chi connectivity index (χ2n) is 3.32. The maximum atomic E-state index is 11.1. The van der Waals surface area contributed by atoms with Crippen molar-refractivity contribution in [1.82, 2.24) is 0 Å². The van der Waals surface area contributed by atoms with Crippen molar-refractivity contribution in [2.75, 3.05) is 14.2 Å². The highest BCUT2D eigenvalue weighted by atomic mass is 32.2. The Morgan fingerprint density at radius 1 is 1.28 bits per heavy atom. The number of ether oxygens (including phenoxy) is 2. The zero-order chi connectivity index (χ0) is 13.9. The van der Waals surface area contributed by atoms with Crippen molar-refractivity contribution in [1.29, 1.82) is 0 Å². The molecule has 0 saturated carbocycles. The Bertz CT molecular complexity index is 549. The first-order valence-corrected chi connectivity index (χ1v) is 6.23. The van der Waals surface area contributed by atoms with Crippen molar-refractivity contribution >= 4 is 16.1 Å². The molecular formula is C10H12O7S. The summed E-state index contributed by atoms with van der Waals surface area (Å²) < 4.78 is 41.1. The summed E-state index contributed by atoms with van der Waals surface area (Å²) >= 11 is 0. The average Bonchev–Trinajstić information content (AvgIpc) is 2.26. The molecule has 0 radical (unpaired) electrons. The largest absolute Gasteiger partial charge is 0.493 e. The quantitative estimate of drug-likeness (QED) is 0.762. The predicted molar refractivity (Wildman–Crippen MR) is 61.5 cm³/mol. The molecule has 8 heteroatoms. The maximum absolute atomic E-state index is 11.1. The second kappa shape index (κ2) is 5.23. The number of hydrogen-bond donors (Lipinski definition) is 2. The first-order chi connectivity index (χ1) is 8.32. The van der Waals surface area contributed by atoms with Gasteiger partial charge in [-0.3, -0.25) is 9.35 Å². The minimum Gasteiger partial charge on any atom is -0.493 e. The number of aliphatic carboxylic acids is 1. The Labute approximate surface area is 104 Å². The fraction of sp³-hybridized carbons (Fsp3) is 0.300. The van der Waals surface area contributed by atoms with E-state index in [9.17, 15) is 13.2 Å². The molecule has 0 aromatic heterocycles. The Morgan fingerprint density at radius 2 is 1.89 bits per heavy atom.